The zero-order valence-corrected chi connectivity index (χ0v) is 16.0. The van der Waals surface area contributed by atoms with Gasteiger partial charge in [0.25, 0.3) is 5.91 Å². The molecule has 0 bridgehead atoms. The van der Waals surface area contributed by atoms with E-state index in [-0.39, 0.29) is 18.6 Å². The molecule has 3 aromatic rings. The fourth-order valence-corrected chi connectivity index (χ4v) is 3.57. The van der Waals surface area contributed by atoms with Crippen LogP contribution in [0.2, 0.25) is 10.0 Å². The van der Waals surface area contributed by atoms with E-state index in [2.05, 4.69) is 10.5 Å². The van der Waals surface area contributed by atoms with E-state index in [1.807, 2.05) is 25.1 Å². The first-order valence-corrected chi connectivity index (χ1v) is 9.23. The molecule has 1 aliphatic heterocycles. The molecule has 0 fully saturated rings. The van der Waals surface area contributed by atoms with Gasteiger partial charge in [0.05, 0.1) is 6.54 Å². The fourth-order valence-electron chi connectivity index (χ4n) is 3.04. The first-order valence-electron chi connectivity index (χ1n) is 8.48. The number of benzene rings is 2. The van der Waals surface area contributed by atoms with E-state index in [1.54, 1.807) is 24.3 Å². The molecule has 27 heavy (non-hydrogen) atoms. The summed E-state index contributed by atoms with van der Waals surface area (Å²) in [6, 6.07) is 12.5. The van der Waals surface area contributed by atoms with E-state index in [4.69, 9.17) is 32.5 Å². The Bertz CT molecular complexity index is 996. The van der Waals surface area contributed by atoms with Gasteiger partial charge in [-0.3, -0.25) is 4.79 Å². The molecule has 5 nitrogen and oxygen atoms in total. The Kier molecular flexibility index (Phi) is 4.81. The highest BCUT2D eigenvalue weighted by molar-refractivity contribution is 6.35. The molecule has 0 aliphatic carbocycles. The van der Waals surface area contributed by atoms with Gasteiger partial charge < -0.3 is 14.6 Å². The Morgan fingerprint density at radius 1 is 1.19 bits per heavy atom. The lowest BCUT2D eigenvalue weighted by Crippen LogP contribution is -2.22. The van der Waals surface area contributed by atoms with Gasteiger partial charge in [-0.05, 0) is 36.8 Å². The van der Waals surface area contributed by atoms with Crippen molar-refractivity contribution in [1.82, 2.24) is 10.5 Å². The number of nitrogens with one attached hydrogen (secondary N) is 1. The third-order valence-electron chi connectivity index (χ3n) is 4.30. The SMILES string of the molecule is CC1Cc2ccc(-c3cc(CNC(=O)c4cc(Cl)cc(Cl)c4)no3)cc2O1. The van der Waals surface area contributed by atoms with Crippen molar-refractivity contribution >= 4 is 29.1 Å². The third kappa shape index (κ3) is 3.94. The first-order chi connectivity index (χ1) is 13.0. The van der Waals surface area contributed by atoms with Crippen molar-refractivity contribution in [3.05, 3.63) is 69.3 Å². The minimum atomic E-state index is -0.288. The molecule has 2 heterocycles. The topological polar surface area (TPSA) is 64.4 Å². The Balaban J connectivity index is 1.44. The van der Waals surface area contributed by atoms with Crippen molar-refractivity contribution in [2.24, 2.45) is 0 Å². The zero-order chi connectivity index (χ0) is 19.0. The van der Waals surface area contributed by atoms with E-state index >= 15 is 0 Å². The second-order valence-electron chi connectivity index (χ2n) is 6.48. The summed E-state index contributed by atoms with van der Waals surface area (Å²) in [6.45, 7) is 2.27. The van der Waals surface area contributed by atoms with Crippen LogP contribution < -0.4 is 10.1 Å². The fraction of sp³-hybridized carbons (Fsp3) is 0.200. The lowest BCUT2D eigenvalue weighted by molar-refractivity contribution is 0.0950. The van der Waals surface area contributed by atoms with Crippen LogP contribution in [0.1, 0.15) is 28.5 Å². The maximum atomic E-state index is 12.3. The number of carbonyl (C=O) groups is 1. The summed E-state index contributed by atoms with van der Waals surface area (Å²) in [4.78, 5) is 12.3. The number of nitrogens with zero attached hydrogens (tertiary/aromatic N) is 1. The van der Waals surface area contributed by atoms with Gasteiger partial charge in [-0.25, -0.2) is 0 Å². The van der Waals surface area contributed by atoms with Crippen LogP contribution in [0.3, 0.4) is 0 Å². The minimum Gasteiger partial charge on any atom is -0.490 e. The molecule has 1 atom stereocenters. The monoisotopic (exact) mass is 402 g/mol. The number of amides is 1. The minimum absolute atomic E-state index is 0.191. The predicted molar refractivity (Wildman–Crippen MR) is 103 cm³/mol. The van der Waals surface area contributed by atoms with Crippen LogP contribution in [-0.4, -0.2) is 17.2 Å². The summed E-state index contributed by atoms with van der Waals surface area (Å²) >= 11 is 11.9. The number of aromatic nitrogens is 1. The Morgan fingerprint density at radius 3 is 2.74 bits per heavy atom. The largest absolute Gasteiger partial charge is 0.490 e. The van der Waals surface area contributed by atoms with Crippen LogP contribution in [0.15, 0.2) is 47.0 Å². The van der Waals surface area contributed by atoms with Crippen molar-refractivity contribution in [3.63, 3.8) is 0 Å². The molecule has 1 unspecified atom stereocenters. The highest BCUT2D eigenvalue weighted by Crippen LogP contribution is 2.33. The molecular weight excluding hydrogens is 387 g/mol. The second kappa shape index (κ2) is 7.25. The highest BCUT2D eigenvalue weighted by atomic mass is 35.5. The summed E-state index contributed by atoms with van der Waals surface area (Å²) in [7, 11) is 0. The van der Waals surface area contributed by atoms with Gasteiger partial charge in [-0.1, -0.05) is 40.5 Å². The molecule has 1 amide bonds. The van der Waals surface area contributed by atoms with Gasteiger partial charge in [0.1, 0.15) is 17.5 Å². The number of halogens is 2. The molecule has 1 N–H and O–H groups in total. The number of carbonyl (C=O) groups excluding carboxylic acids is 1. The summed E-state index contributed by atoms with van der Waals surface area (Å²) in [5, 5.41) is 7.61. The van der Waals surface area contributed by atoms with E-state index in [0.29, 0.717) is 27.1 Å². The molecule has 0 saturated carbocycles. The molecule has 138 valence electrons. The lowest BCUT2D eigenvalue weighted by atomic mass is 10.1. The molecule has 0 radical (unpaired) electrons. The van der Waals surface area contributed by atoms with Crippen molar-refractivity contribution < 1.29 is 14.1 Å². The van der Waals surface area contributed by atoms with Gasteiger partial charge >= 0.3 is 0 Å². The quantitative estimate of drug-likeness (QED) is 0.673. The van der Waals surface area contributed by atoms with Crippen molar-refractivity contribution in [2.75, 3.05) is 0 Å². The number of hydrogen-bond acceptors (Lipinski definition) is 4. The van der Waals surface area contributed by atoms with Gasteiger partial charge in [0, 0.05) is 33.7 Å². The maximum Gasteiger partial charge on any atom is 0.251 e. The maximum absolute atomic E-state index is 12.3. The summed E-state index contributed by atoms with van der Waals surface area (Å²) in [6.07, 6.45) is 1.10. The van der Waals surface area contributed by atoms with Crippen LogP contribution in [0, 0.1) is 0 Å². The third-order valence-corrected chi connectivity index (χ3v) is 4.74. The van der Waals surface area contributed by atoms with Gasteiger partial charge in [0.2, 0.25) is 0 Å². The van der Waals surface area contributed by atoms with Crippen LogP contribution in [-0.2, 0) is 13.0 Å². The first kappa shape index (κ1) is 17.9. The molecule has 1 aliphatic rings. The van der Waals surface area contributed by atoms with Gasteiger partial charge in [0.15, 0.2) is 5.76 Å². The normalized spacial score (nSPS) is 15.3. The summed E-state index contributed by atoms with van der Waals surface area (Å²) < 4.78 is 11.2. The van der Waals surface area contributed by atoms with Crippen molar-refractivity contribution in [3.8, 4) is 17.1 Å². The summed E-state index contributed by atoms with van der Waals surface area (Å²) in [5.74, 6) is 1.21. The van der Waals surface area contributed by atoms with Gasteiger partial charge in [-0.15, -0.1) is 0 Å². The average Bonchev–Trinajstić information content (AvgIpc) is 3.23. The van der Waals surface area contributed by atoms with E-state index in [0.717, 1.165) is 17.7 Å². The smallest absolute Gasteiger partial charge is 0.251 e. The molecule has 2 aromatic carbocycles. The van der Waals surface area contributed by atoms with Crippen molar-refractivity contribution in [2.45, 2.75) is 26.0 Å². The second-order valence-corrected chi connectivity index (χ2v) is 7.35. The van der Waals surface area contributed by atoms with Crippen LogP contribution in [0.4, 0.5) is 0 Å². The highest BCUT2D eigenvalue weighted by Gasteiger charge is 2.20. The van der Waals surface area contributed by atoms with Crippen LogP contribution >= 0.6 is 23.2 Å². The Labute approximate surface area is 166 Å². The molecule has 7 heteroatoms. The van der Waals surface area contributed by atoms with E-state index < -0.39 is 0 Å². The molecular formula is C20H16Cl2N2O3. The number of fused-ring (bicyclic) bond motifs is 1. The van der Waals surface area contributed by atoms with Crippen molar-refractivity contribution in [1.29, 1.82) is 0 Å². The standard InChI is InChI=1S/C20H16Cl2N2O3/c1-11-4-12-2-3-13(7-18(12)26-11)19-9-17(24-27-19)10-23-20(25)14-5-15(21)8-16(22)6-14/h2-3,5-9,11H,4,10H2,1H3,(H,23,25). The Hall–Kier alpha value is -2.50. The van der Waals surface area contributed by atoms with E-state index in [1.165, 1.54) is 5.56 Å². The summed E-state index contributed by atoms with van der Waals surface area (Å²) in [5.41, 5.74) is 3.08. The predicted octanol–water partition coefficient (Wildman–Crippen LogP) is 4.90. The van der Waals surface area contributed by atoms with Gasteiger partial charge in [-0.2, -0.15) is 0 Å². The molecule has 0 spiro atoms. The number of hydrogen-bond donors (Lipinski definition) is 1. The molecule has 4 rings (SSSR count). The molecule has 0 saturated heterocycles. The van der Waals surface area contributed by atoms with Crippen LogP contribution in [0.5, 0.6) is 5.75 Å². The number of rotatable bonds is 4. The number of ether oxygens (including phenoxy) is 1. The average molecular weight is 403 g/mol. The zero-order valence-electron chi connectivity index (χ0n) is 14.5. The van der Waals surface area contributed by atoms with E-state index in [9.17, 15) is 4.79 Å². The molecule has 1 aromatic heterocycles. The lowest BCUT2D eigenvalue weighted by Gasteiger charge is -2.04. The Morgan fingerprint density at radius 2 is 1.96 bits per heavy atom. The van der Waals surface area contributed by atoms with Crippen LogP contribution in [0.25, 0.3) is 11.3 Å².